The first-order chi connectivity index (χ1) is 15.0. The molecule has 3 aromatic heterocycles. The van der Waals surface area contributed by atoms with E-state index in [-0.39, 0.29) is 11.6 Å². The summed E-state index contributed by atoms with van der Waals surface area (Å²) in [6, 6.07) is 13.1. The van der Waals surface area contributed by atoms with Gasteiger partial charge in [-0.25, -0.2) is 4.98 Å². The smallest absolute Gasteiger partial charge is 0.277 e. The molecule has 3 heterocycles. The maximum absolute atomic E-state index is 12.0. The summed E-state index contributed by atoms with van der Waals surface area (Å²) >= 11 is 5.36. The van der Waals surface area contributed by atoms with Crippen LogP contribution in [0.2, 0.25) is 0 Å². The van der Waals surface area contributed by atoms with Gasteiger partial charge in [-0.2, -0.15) is 0 Å². The topological polar surface area (TPSA) is 83.4 Å². The minimum absolute atomic E-state index is 0.119. The Labute approximate surface area is 186 Å². The van der Waals surface area contributed by atoms with Crippen molar-refractivity contribution in [2.45, 2.75) is 52.2 Å². The second kappa shape index (κ2) is 9.03. The molecule has 31 heavy (non-hydrogen) atoms. The average molecular weight is 437 g/mol. The van der Waals surface area contributed by atoms with Crippen molar-refractivity contribution in [3.63, 3.8) is 0 Å². The van der Waals surface area contributed by atoms with Crippen molar-refractivity contribution in [2.75, 3.05) is 0 Å². The van der Waals surface area contributed by atoms with E-state index in [1.165, 1.54) is 17.6 Å². The van der Waals surface area contributed by atoms with Crippen LogP contribution in [-0.2, 0) is 13.1 Å². The highest BCUT2D eigenvalue weighted by molar-refractivity contribution is 7.71. The fraction of sp³-hybridized carbons (Fsp3) is 0.348. The van der Waals surface area contributed by atoms with Gasteiger partial charge in [0.05, 0.1) is 6.33 Å². The first-order valence-corrected chi connectivity index (χ1v) is 11.0. The largest absolute Gasteiger partial charge is 0.339 e. The molecule has 0 saturated heterocycles. The molecule has 4 aromatic rings. The lowest BCUT2D eigenvalue weighted by Gasteiger charge is -2.18. The molecule has 0 fully saturated rings. The van der Waals surface area contributed by atoms with Crippen molar-refractivity contribution < 1.29 is 0 Å². The summed E-state index contributed by atoms with van der Waals surface area (Å²) in [6.07, 6.45) is 4.74. The molecule has 8 heteroatoms. The van der Waals surface area contributed by atoms with Crippen LogP contribution in [0.15, 0.2) is 53.7 Å². The summed E-state index contributed by atoms with van der Waals surface area (Å²) in [5.74, 6) is 0.571. The van der Waals surface area contributed by atoms with Crippen LogP contribution >= 0.6 is 12.2 Å². The number of hydrogen-bond acceptors (Lipinski definition) is 4. The van der Waals surface area contributed by atoms with Crippen molar-refractivity contribution >= 4 is 23.4 Å². The zero-order chi connectivity index (χ0) is 22.0. The minimum Gasteiger partial charge on any atom is -0.339 e. The number of aromatic nitrogens is 5. The molecule has 1 aromatic carbocycles. The Morgan fingerprint density at radius 2 is 1.97 bits per heavy atom. The third-order valence-corrected chi connectivity index (χ3v) is 6.16. The maximum atomic E-state index is 12.0. The third-order valence-electron chi connectivity index (χ3n) is 5.84. The summed E-state index contributed by atoms with van der Waals surface area (Å²) in [7, 11) is 0. The van der Waals surface area contributed by atoms with Gasteiger partial charge in [0, 0.05) is 36.7 Å². The molecule has 0 aliphatic heterocycles. The zero-order valence-corrected chi connectivity index (χ0v) is 18.9. The molecule has 0 aliphatic rings. The molecule has 0 bridgehead atoms. The average Bonchev–Trinajstić information content (AvgIpc) is 3.44. The van der Waals surface area contributed by atoms with Crippen molar-refractivity contribution in [1.82, 2.24) is 29.4 Å². The number of rotatable bonds is 8. The Bertz CT molecular complexity index is 1280. The van der Waals surface area contributed by atoms with E-state index in [2.05, 4.69) is 88.2 Å². The van der Waals surface area contributed by atoms with Gasteiger partial charge >= 0.3 is 0 Å². The van der Waals surface area contributed by atoms with Crippen molar-refractivity contribution in [2.24, 2.45) is 0 Å². The molecule has 0 spiro atoms. The maximum Gasteiger partial charge on any atom is 0.277 e. The highest BCUT2D eigenvalue weighted by Crippen LogP contribution is 2.21. The van der Waals surface area contributed by atoms with E-state index in [0.29, 0.717) is 34.9 Å². The number of fused-ring (bicyclic) bond motifs is 1. The molecule has 4 rings (SSSR count). The second-order valence-electron chi connectivity index (χ2n) is 8.02. The van der Waals surface area contributed by atoms with Crippen molar-refractivity contribution in [3.05, 3.63) is 75.3 Å². The minimum atomic E-state index is -0.244. The molecule has 3 N–H and O–H groups in total. The highest BCUT2D eigenvalue weighted by atomic mass is 32.1. The summed E-state index contributed by atoms with van der Waals surface area (Å²) in [4.78, 5) is 21.9. The summed E-state index contributed by atoms with van der Waals surface area (Å²) < 4.78 is 4.44. The van der Waals surface area contributed by atoms with E-state index in [1.807, 2.05) is 4.57 Å². The predicted octanol–water partition coefficient (Wildman–Crippen LogP) is 4.26. The Hall–Kier alpha value is -2.97. The van der Waals surface area contributed by atoms with Gasteiger partial charge in [-0.1, -0.05) is 26.0 Å². The van der Waals surface area contributed by atoms with Crippen LogP contribution < -0.4 is 10.9 Å². The number of H-pyrrole nitrogens is 2. The number of benzene rings is 1. The fourth-order valence-corrected chi connectivity index (χ4v) is 4.03. The summed E-state index contributed by atoms with van der Waals surface area (Å²) in [5, 5.41) is 3.56. The third kappa shape index (κ3) is 4.40. The Morgan fingerprint density at radius 1 is 1.19 bits per heavy atom. The van der Waals surface area contributed by atoms with Gasteiger partial charge in [-0.3, -0.25) is 14.3 Å². The van der Waals surface area contributed by atoms with Crippen LogP contribution in [0.3, 0.4) is 0 Å². The van der Waals surface area contributed by atoms with E-state index in [4.69, 9.17) is 12.2 Å². The molecular weight excluding hydrogens is 408 g/mol. The molecule has 7 nitrogen and oxygen atoms in total. The Morgan fingerprint density at radius 3 is 2.71 bits per heavy atom. The molecule has 2 atom stereocenters. The highest BCUT2D eigenvalue weighted by Gasteiger charge is 2.12. The number of imidazole rings is 1. The van der Waals surface area contributed by atoms with Crippen LogP contribution in [0.4, 0.5) is 0 Å². The lowest BCUT2D eigenvalue weighted by Crippen LogP contribution is -2.32. The molecular formula is C23H28N6OS. The van der Waals surface area contributed by atoms with E-state index in [0.717, 1.165) is 12.1 Å². The molecule has 0 radical (unpaired) electrons. The predicted molar refractivity (Wildman–Crippen MR) is 126 cm³/mol. The van der Waals surface area contributed by atoms with Gasteiger partial charge in [0.1, 0.15) is 5.52 Å². The lowest BCUT2D eigenvalue weighted by atomic mass is 9.98. The Kier molecular flexibility index (Phi) is 6.20. The molecule has 2 unspecified atom stereocenters. The van der Waals surface area contributed by atoms with Gasteiger partial charge in [0.15, 0.2) is 10.4 Å². The van der Waals surface area contributed by atoms with Crippen LogP contribution in [0.1, 0.15) is 44.4 Å². The standard InChI is InChI=1S/C23H28N6OS/c1-4-15(2)17-7-9-18(10-8-17)28-11-5-6-19(28)12-24-16(3)13-29-21-20(25-14-26-21)22(30)27-23(29)31/h5-11,14-16,24H,4,12-13H2,1-3H3,(H,25,26)(H,27,30,31). The van der Waals surface area contributed by atoms with Crippen LogP contribution in [0, 0.1) is 4.77 Å². The van der Waals surface area contributed by atoms with Crippen molar-refractivity contribution in [1.29, 1.82) is 0 Å². The summed E-state index contributed by atoms with van der Waals surface area (Å²) in [6.45, 7) is 7.88. The molecule has 162 valence electrons. The van der Waals surface area contributed by atoms with Gasteiger partial charge in [0.2, 0.25) is 0 Å². The van der Waals surface area contributed by atoms with Gasteiger partial charge in [0.25, 0.3) is 5.56 Å². The van der Waals surface area contributed by atoms with Crippen LogP contribution in [0.25, 0.3) is 16.9 Å². The van der Waals surface area contributed by atoms with E-state index < -0.39 is 0 Å². The van der Waals surface area contributed by atoms with Crippen LogP contribution in [0.5, 0.6) is 0 Å². The van der Waals surface area contributed by atoms with Gasteiger partial charge in [-0.15, -0.1) is 0 Å². The normalized spacial score (nSPS) is 13.5. The SMILES string of the molecule is CCC(C)c1ccc(-n2cccc2CNC(C)Cn2c(=S)[nH]c(=O)c3[nH]cnc32)cc1. The number of hydrogen-bond donors (Lipinski definition) is 3. The first-order valence-electron chi connectivity index (χ1n) is 10.6. The molecule has 0 saturated carbocycles. The van der Waals surface area contributed by atoms with Crippen molar-refractivity contribution in [3.8, 4) is 5.69 Å². The van der Waals surface area contributed by atoms with E-state index in [1.54, 1.807) is 0 Å². The summed E-state index contributed by atoms with van der Waals surface area (Å²) in [5.41, 5.74) is 4.48. The molecule has 0 amide bonds. The van der Waals surface area contributed by atoms with Crippen LogP contribution in [-0.4, -0.2) is 30.1 Å². The second-order valence-corrected chi connectivity index (χ2v) is 8.41. The Balaban J connectivity index is 1.46. The van der Waals surface area contributed by atoms with E-state index >= 15 is 0 Å². The number of aromatic amines is 2. The molecule has 0 aliphatic carbocycles. The fourth-order valence-electron chi connectivity index (χ4n) is 3.78. The number of nitrogens with zero attached hydrogens (tertiary/aromatic N) is 3. The monoisotopic (exact) mass is 436 g/mol. The lowest BCUT2D eigenvalue weighted by molar-refractivity contribution is 0.470. The zero-order valence-electron chi connectivity index (χ0n) is 18.1. The van der Waals surface area contributed by atoms with Gasteiger partial charge < -0.3 is 14.9 Å². The number of nitrogens with one attached hydrogen (secondary N) is 3. The quantitative estimate of drug-likeness (QED) is 0.360. The van der Waals surface area contributed by atoms with E-state index in [9.17, 15) is 4.79 Å². The first kappa shape index (κ1) is 21.3. The van der Waals surface area contributed by atoms with Gasteiger partial charge in [-0.05, 0) is 61.3 Å².